The quantitative estimate of drug-likeness (QED) is 0.0341. The Balaban J connectivity index is 0.000000277. The van der Waals surface area contributed by atoms with Gasteiger partial charge in [0.25, 0.3) is 10.3 Å². The number of rotatable bonds is 21. The van der Waals surface area contributed by atoms with E-state index in [-0.39, 0.29) is 74.2 Å². The van der Waals surface area contributed by atoms with E-state index in [0.717, 1.165) is 65.2 Å². The zero-order valence-corrected chi connectivity index (χ0v) is 45.7. The van der Waals surface area contributed by atoms with Crippen LogP contribution in [0.15, 0.2) is 44.7 Å². The van der Waals surface area contributed by atoms with Gasteiger partial charge < -0.3 is 19.3 Å². The maximum absolute atomic E-state index is 13.2. The summed E-state index contributed by atoms with van der Waals surface area (Å²) in [5.41, 5.74) is -3.07. The second kappa shape index (κ2) is 25.9. The number of anilines is 4. The van der Waals surface area contributed by atoms with Gasteiger partial charge >= 0.3 is 33.6 Å². The van der Waals surface area contributed by atoms with E-state index >= 15 is 0 Å². The molecule has 30 heteroatoms. The van der Waals surface area contributed by atoms with E-state index in [1.807, 2.05) is 60.1 Å². The smallest absolute Gasteiger partial charge is 0.460 e. The number of ether oxygens (including phenoxy) is 2. The van der Waals surface area contributed by atoms with Crippen LogP contribution < -0.4 is 19.2 Å². The van der Waals surface area contributed by atoms with Crippen LogP contribution >= 0.6 is 22.7 Å². The molecule has 2 atom stereocenters. The Morgan fingerprint density at radius 1 is 0.680 bits per heavy atom. The molecule has 2 unspecified atom stereocenters. The van der Waals surface area contributed by atoms with Crippen molar-refractivity contribution >= 4 is 99.0 Å². The average Bonchev–Trinajstić information content (AvgIpc) is 3.99. The van der Waals surface area contributed by atoms with E-state index in [1.54, 1.807) is 10.8 Å². The number of sulfonamides is 2. The van der Waals surface area contributed by atoms with Crippen LogP contribution in [0.5, 0.6) is 0 Å². The monoisotopic (exact) mass is 1140 g/mol. The summed E-state index contributed by atoms with van der Waals surface area (Å²) in [6.07, 6.45) is 1.14. The zero-order chi connectivity index (χ0) is 55.5. The Kier molecular flexibility index (Phi) is 20.8. The molecule has 414 valence electrons. The number of hydrogen-bond donors (Lipinski definition) is 2. The van der Waals surface area contributed by atoms with Crippen LogP contribution in [-0.2, 0) is 42.4 Å². The second-order valence-electron chi connectivity index (χ2n) is 18.6. The Hall–Kier alpha value is -5.62. The first-order chi connectivity index (χ1) is 35.1. The molecule has 75 heavy (non-hydrogen) atoms. The summed E-state index contributed by atoms with van der Waals surface area (Å²) in [7, 11) is -10.5. The molecular formula is C45H60F6N12O8S4. The van der Waals surface area contributed by atoms with E-state index in [9.17, 15) is 52.8 Å². The number of aromatic nitrogens is 4. The average molecular weight is 1140 g/mol. The highest BCUT2D eigenvalue weighted by Crippen LogP contribution is 2.43. The number of alkyl halides is 6. The van der Waals surface area contributed by atoms with E-state index < -0.39 is 49.4 Å². The highest BCUT2D eigenvalue weighted by Gasteiger charge is 2.46. The Labute approximate surface area is 439 Å². The normalized spacial score (nSPS) is 16.3. The van der Waals surface area contributed by atoms with Gasteiger partial charge in [0.1, 0.15) is 11.4 Å². The molecule has 2 aliphatic rings. The van der Waals surface area contributed by atoms with Crippen molar-refractivity contribution in [3.05, 3.63) is 45.4 Å². The first-order valence-corrected chi connectivity index (χ1v) is 28.7. The molecule has 0 bridgehead atoms. The van der Waals surface area contributed by atoms with E-state index in [2.05, 4.69) is 50.7 Å². The van der Waals surface area contributed by atoms with Crippen LogP contribution in [0.2, 0.25) is 0 Å². The van der Waals surface area contributed by atoms with Crippen molar-refractivity contribution in [3.8, 4) is 0 Å². The first kappa shape index (κ1) is 60.2. The summed E-state index contributed by atoms with van der Waals surface area (Å²) in [5, 5.41) is 30.8. The van der Waals surface area contributed by atoms with Crippen LogP contribution in [0.1, 0.15) is 125 Å². The third kappa shape index (κ3) is 17.5. The third-order valence-electron chi connectivity index (χ3n) is 11.2. The van der Waals surface area contributed by atoms with Gasteiger partial charge in [0.05, 0.1) is 24.6 Å². The van der Waals surface area contributed by atoms with Crippen molar-refractivity contribution in [1.82, 2.24) is 20.4 Å². The molecule has 2 N–H and O–H groups in total. The molecule has 2 aliphatic heterocycles. The number of fused-ring (bicyclic) bond motifs is 2. The number of benzene rings is 2. The number of unbranched alkanes of at least 4 members (excludes halogenated alkanes) is 2. The lowest BCUT2D eigenvalue weighted by molar-refractivity contribution is -0.106. The SMILES string of the molecule is CCCCOC(=O)c1nnc(N=Nc2cc3c(cc2NS(=O)(=O)C(F)(F)F)N(CC(C)C)C(C)CC3)s1.CCCCOC(=O)c1nnc(N=Nc2cc3c(cc2NS(=O)(=O)CC(F)(F)F)N(CC(C)C)C(C)CC3)s1. The van der Waals surface area contributed by atoms with Crippen molar-refractivity contribution < 1.29 is 62.2 Å². The van der Waals surface area contributed by atoms with Crippen LogP contribution in [0.3, 0.4) is 0 Å². The summed E-state index contributed by atoms with van der Waals surface area (Å²) < 4.78 is 141. The predicted molar refractivity (Wildman–Crippen MR) is 273 cm³/mol. The number of hydrogen-bond acceptors (Lipinski definition) is 20. The van der Waals surface area contributed by atoms with Crippen LogP contribution in [0, 0.1) is 11.8 Å². The van der Waals surface area contributed by atoms with Gasteiger partial charge in [-0.15, -0.1) is 40.9 Å². The molecule has 0 saturated heterocycles. The van der Waals surface area contributed by atoms with Crippen LogP contribution in [-0.4, -0.2) is 105 Å². The molecule has 2 aromatic heterocycles. The molecule has 0 radical (unpaired) electrons. The summed E-state index contributed by atoms with van der Waals surface area (Å²) in [5.74, 6) is -2.79. The lowest BCUT2D eigenvalue weighted by Crippen LogP contribution is -2.39. The van der Waals surface area contributed by atoms with Crippen molar-refractivity contribution in [3.63, 3.8) is 0 Å². The largest absolute Gasteiger partial charge is 0.516 e. The number of esters is 2. The standard InChI is InChI=1S/C23H31F3N6O4S2.C22H29F3N6O4S2/c1-5-6-9-36-21(33)20-28-30-22(37-20)29-27-17-10-16-8-7-15(4)32(12-14(2)3)19(16)11-18(17)31-38(34,35)13-23(24,25)26;1-5-6-9-35-20(32)19-27-29-21(36-19)28-26-16-10-15-8-7-14(4)31(12-13(2)3)18(15)11-17(16)30-37(33,34)22(23,24)25/h10-11,14-15,31H,5-9,12-13H2,1-4H3;10-11,13-14,30H,5-9,12H2,1-4H3. The molecule has 2 aromatic carbocycles. The molecule has 0 spiro atoms. The Morgan fingerprint density at radius 2 is 1.09 bits per heavy atom. The Bertz CT molecular complexity index is 2900. The van der Waals surface area contributed by atoms with Crippen molar-refractivity contribution in [1.29, 1.82) is 0 Å². The van der Waals surface area contributed by atoms with Gasteiger partial charge in [-0.05, 0) is 99.6 Å². The molecule has 0 saturated carbocycles. The van der Waals surface area contributed by atoms with Crippen LogP contribution in [0.4, 0.5) is 70.7 Å². The molecule has 4 heterocycles. The minimum Gasteiger partial charge on any atom is -0.460 e. The molecule has 6 rings (SSSR count). The van der Waals surface area contributed by atoms with Crippen LogP contribution in [0.25, 0.3) is 0 Å². The number of aryl methyl sites for hydroxylation is 2. The lowest BCUT2D eigenvalue weighted by atomic mass is 9.94. The van der Waals surface area contributed by atoms with Gasteiger partial charge in [0.2, 0.25) is 20.0 Å². The molecule has 4 aromatic rings. The highest BCUT2D eigenvalue weighted by molar-refractivity contribution is 7.93. The highest BCUT2D eigenvalue weighted by atomic mass is 32.2. The molecule has 20 nitrogen and oxygen atoms in total. The molecular weight excluding hydrogens is 1080 g/mol. The summed E-state index contributed by atoms with van der Waals surface area (Å²) in [6, 6.07) is 6.28. The maximum atomic E-state index is 13.2. The van der Waals surface area contributed by atoms with E-state index in [1.165, 1.54) is 18.2 Å². The van der Waals surface area contributed by atoms with Gasteiger partial charge in [0.15, 0.2) is 5.75 Å². The van der Waals surface area contributed by atoms with Crippen molar-refractivity contribution in [2.45, 2.75) is 131 Å². The first-order valence-electron chi connectivity index (χ1n) is 24.0. The molecule has 0 amide bonds. The fraction of sp³-hybridized carbons (Fsp3) is 0.600. The zero-order valence-electron chi connectivity index (χ0n) is 42.5. The number of carbonyl (C=O) groups excluding carboxylic acids is 2. The minimum absolute atomic E-state index is 0.00400. The van der Waals surface area contributed by atoms with Gasteiger partial charge in [0, 0.05) is 36.5 Å². The fourth-order valence-corrected chi connectivity index (χ4v) is 10.3. The van der Waals surface area contributed by atoms with Crippen molar-refractivity contribution in [2.24, 2.45) is 32.3 Å². The van der Waals surface area contributed by atoms with E-state index in [4.69, 9.17) is 9.47 Å². The van der Waals surface area contributed by atoms with Gasteiger partial charge in [-0.2, -0.15) is 34.8 Å². The van der Waals surface area contributed by atoms with Crippen molar-refractivity contribution in [2.75, 3.05) is 51.3 Å². The minimum atomic E-state index is -5.71. The van der Waals surface area contributed by atoms with Gasteiger partial charge in [-0.3, -0.25) is 9.44 Å². The molecule has 0 aliphatic carbocycles. The lowest BCUT2D eigenvalue weighted by Gasteiger charge is -2.38. The number of carbonyl (C=O) groups is 2. The predicted octanol–water partition coefficient (Wildman–Crippen LogP) is 12.0. The van der Waals surface area contributed by atoms with Gasteiger partial charge in [-0.1, -0.05) is 77.1 Å². The second-order valence-corrected chi connectivity index (χ2v) is 23.9. The number of nitrogens with zero attached hydrogens (tertiary/aromatic N) is 10. The summed E-state index contributed by atoms with van der Waals surface area (Å²) in [4.78, 5) is 28.3. The van der Waals surface area contributed by atoms with E-state index in [0.29, 0.717) is 50.4 Å². The fourth-order valence-electron chi connectivity index (χ4n) is 7.60. The molecule has 0 fully saturated rings. The number of nitrogens with one attached hydrogen (secondary N) is 2. The number of azo groups is 2. The maximum Gasteiger partial charge on any atom is 0.516 e. The van der Waals surface area contributed by atoms with Gasteiger partial charge in [-0.25, -0.2) is 18.0 Å². The number of halogens is 6. The Morgan fingerprint density at radius 3 is 1.47 bits per heavy atom. The topological polar surface area (TPSA) is 252 Å². The summed E-state index contributed by atoms with van der Waals surface area (Å²) in [6.45, 7) is 17.9. The third-order valence-corrected chi connectivity index (χ3v) is 15.1. The summed E-state index contributed by atoms with van der Waals surface area (Å²) >= 11 is 1.62.